The lowest BCUT2D eigenvalue weighted by molar-refractivity contribution is 0.0530. The maximum absolute atomic E-state index is 12.0. The number of halogens is 2. The van der Waals surface area contributed by atoms with Crippen molar-refractivity contribution in [3.05, 3.63) is 31.8 Å². The second-order valence-electron chi connectivity index (χ2n) is 3.97. The maximum atomic E-state index is 12.0. The van der Waals surface area contributed by atoms with Gasteiger partial charge in [0.1, 0.15) is 0 Å². The molecular formula is C11H11BrINO. The zero-order valence-electron chi connectivity index (χ0n) is 8.34. The van der Waals surface area contributed by atoms with E-state index in [9.17, 15) is 4.79 Å². The third-order valence-corrected chi connectivity index (χ3v) is 3.54. The van der Waals surface area contributed by atoms with Crippen LogP contribution in [-0.2, 0) is 0 Å². The Morgan fingerprint density at radius 3 is 2.67 bits per heavy atom. The van der Waals surface area contributed by atoms with Crippen LogP contribution in [0.4, 0.5) is 0 Å². The molecule has 0 radical (unpaired) electrons. The molecule has 80 valence electrons. The summed E-state index contributed by atoms with van der Waals surface area (Å²) in [7, 11) is 0. The summed E-state index contributed by atoms with van der Waals surface area (Å²) in [5.41, 5.74) is 0.778. The Labute approximate surface area is 111 Å². The summed E-state index contributed by atoms with van der Waals surface area (Å²) in [6.45, 7) is 3.94. The minimum atomic E-state index is 0.146. The zero-order chi connectivity index (χ0) is 11.0. The molecule has 0 saturated carbocycles. The van der Waals surface area contributed by atoms with Crippen LogP contribution in [0, 0.1) is 9.49 Å². The molecular weight excluding hydrogens is 369 g/mol. The lowest BCUT2D eigenvalue weighted by Gasteiger charge is -2.37. The molecule has 1 amide bonds. The second kappa shape index (κ2) is 4.41. The molecule has 1 aliphatic rings. The van der Waals surface area contributed by atoms with Gasteiger partial charge in [0, 0.05) is 26.7 Å². The Morgan fingerprint density at radius 1 is 1.47 bits per heavy atom. The number of carbonyl (C=O) groups excluding carboxylic acids is 1. The van der Waals surface area contributed by atoms with Crippen molar-refractivity contribution in [1.82, 2.24) is 4.90 Å². The fourth-order valence-corrected chi connectivity index (χ4v) is 3.32. The molecule has 2 rings (SSSR count). The predicted molar refractivity (Wildman–Crippen MR) is 71.9 cm³/mol. The van der Waals surface area contributed by atoms with E-state index in [1.54, 1.807) is 0 Å². The SMILES string of the molecule is CC1CN(C(=O)c2cc(Br)cc(I)c2)C1. The van der Waals surface area contributed by atoms with E-state index in [1.165, 1.54) is 0 Å². The first-order chi connectivity index (χ1) is 7.06. The van der Waals surface area contributed by atoms with Gasteiger partial charge in [0.15, 0.2) is 0 Å². The fraction of sp³-hybridized carbons (Fsp3) is 0.364. The third-order valence-electron chi connectivity index (χ3n) is 2.46. The minimum absolute atomic E-state index is 0.146. The van der Waals surface area contributed by atoms with Crippen LogP contribution in [0.1, 0.15) is 17.3 Å². The largest absolute Gasteiger partial charge is 0.338 e. The molecule has 0 spiro atoms. The van der Waals surface area contributed by atoms with E-state index in [0.717, 1.165) is 26.7 Å². The molecule has 15 heavy (non-hydrogen) atoms. The van der Waals surface area contributed by atoms with Gasteiger partial charge >= 0.3 is 0 Å². The second-order valence-corrected chi connectivity index (χ2v) is 6.13. The minimum Gasteiger partial charge on any atom is -0.338 e. The van der Waals surface area contributed by atoms with Gasteiger partial charge in [-0.15, -0.1) is 0 Å². The van der Waals surface area contributed by atoms with Gasteiger partial charge in [-0.3, -0.25) is 4.79 Å². The highest BCUT2D eigenvalue weighted by molar-refractivity contribution is 14.1. The Balaban J connectivity index is 2.18. The van der Waals surface area contributed by atoms with Crippen LogP contribution in [-0.4, -0.2) is 23.9 Å². The smallest absolute Gasteiger partial charge is 0.253 e. The highest BCUT2D eigenvalue weighted by Crippen LogP contribution is 2.22. The third kappa shape index (κ3) is 2.53. The predicted octanol–water partition coefficient (Wildman–Crippen LogP) is 3.15. The van der Waals surface area contributed by atoms with Crippen LogP contribution in [0.2, 0.25) is 0 Å². The van der Waals surface area contributed by atoms with Crippen molar-refractivity contribution in [3.63, 3.8) is 0 Å². The van der Waals surface area contributed by atoms with Gasteiger partial charge in [-0.25, -0.2) is 0 Å². The Kier molecular flexibility index (Phi) is 3.35. The van der Waals surface area contributed by atoms with Gasteiger partial charge in [-0.1, -0.05) is 22.9 Å². The zero-order valence-corrected chi connectivity index (χ0v) is 12.1. The molecule has 0 bridgehead atoms. The van der Waals surface area contributed by atoms with Crippen molar-refractivity contribution in [2.75, 3.05) is 13.1 Å². The van der Waals surface area contributed by atoms with Crippen LogP contribution in [0.25, 0.3) is 0 Å². The Morgan fingerprint density at radius 2 is 2.13 bits per heavy atom. The van der Waals surface area contributed by atoms with E-state index in [-0.39, 0.29) is 5.91 Å². The van der Waals surface area contributed by atoms with Crippen molar-refractivity contribution < 1.29 is 4.79 Å². The highest BCUT2D eigenvalue weighted by Gasteiger charge is 2.27. The average Bonchev–Trinajstić information content (AvgIpc) is 2.10. The summed E-state index contributed by atoms with van der Waals surface area (Å²) in [6.07, 6.45) is 0. The van der Waals surface area contributed by atoms with Crippen molar-refractivity contribution in [3.8, 4) is 0 Å². The van der Waals surface area contributed by atoms with E-state index in [4.69, 9.17) is 0 Å². The lowest BCUT2D eigenvalue weighted by atomic mass is 10.0. The topological polar surface area (TPSA) is 20.3 Å². The molecule has 0 aliphatic carbocycles. The lowest BCUT2D eigenvalue weighted by Crippen LogP contribution is -2.48. The van der Waals surface area contributed by atoms with Gasteiger partial charge in [0.25, 0.3) is 5.91 Å². The van der Waals surface area contributed by atoms with E-state index in [0.29, 0.717) is 5.92 Å². The first kappa shape index (κ1) is 11.4. The maximum Gasteiger partial charge on any atom is 0.253 e. The number of hydrogen-bond acceptors (Lipinski definition) is 1. The standard InChI is InChI=1S/C11H11BrINO/c1-7-5-14(6-7)11(15)8-2-9(12)4-10(13)3-8/h2-4,7H,5-6H2,1H3. The molecule has 1 heterocycles. The summed E-state index contributed by atoms with van der Waals surface area (Å²) < 4.78 is 2.05. The number of carbonyl (C=O) groups is 1. The first-order valence-electron chi connectivity index (χ1n) is 4.81. The highest BCUT2D eigenvalue weighted by atomic mass is 127. The molecule has 0 N–H and O–H groups in total. The molecule has 0 aromatic heterocycles. The first-order valence-corrected chi connectivity index (χ1v) is 6.69. The van der Waals surface area contributed by atoms with Crippen molar-refractivity contribution in [2.45, 2.75) is 6.92 Å². The number of likely N-dealkylation sites (tertiary alicyclic amines) is 1. The van der Waals surface area contributed by atoms with Crippen molar-refractivity contribution >= 4 is 44.4 Å². The molecule has 0 atom stereocenters. The quantitative estimate of drug-likeness (QED) is 0.686. The van der Waals surface area contributed by atoms with Crippen molar-refractivity contribution in [1.29, 1.82) is 0 Å². The molecule has 0 unspecified atom stereocenters. The van der Waals surface area contributed by atoms with Crippen molar-refractivity contribution in [2.24, 2.45) is 5.92 Å². The summed E-state index contributed by atoms with van der Waals surface area (Å²) in [5, 5.41) is 0. The van der Waals surface area contributed by atoms with Crippen LogP contribution < -0.4 is 0 Å². The van der Waals surface area contributed by atoms with Crippen LogP contribution in [0.15, 0.2) is 22.7 Å². The monoisotopic (exact) mass is 379 g/mol. The number of hydrogen-bond donors (Lipinski definition) is 0. The van der Waals surface area contributed by atoms with E-state index in [2.05, 4.69) is 45.4 Å². The number of rotatable bonds is 1. The van der Waals surface area contributed by atoms with Crippen LogP contribution >= 0.6 is 38.5 Å². The summed E-state index contributed by atoms with van der Waals surface area (Å²) in [6, 6.07) is 5.81. The average molecular weight is 380 g/mol. The molecule has 1 aromatic carbocycles. The summed E-state index contributed by atoms with van der Waals surface area (Å²) in [4.78, 5) is 13.9. The van der Waals surface area contributed by atoms with Gasteiger partial charge in [0.2, 0.25) is 0 Å². The Bertz CT molecular complexity index is 381. The molecule has 1 saturated heterocycles. The van der Waals surface area contributed by atoms with E-state index >= 15 is 0 Å². The summed E-state index contributed by atoms with van der Waals surface area (Å²) >= 11 is 5.63. The van der Waals surface area contributed by atoms with Gasteiger partial charge in [-0.2, -0.15) is 0 Å². The van der Waals surface area contributed by atoms with E-state index < -0.39 is 0 Å². The van der Waals surface area contributed by atoms with E-state index in [1.807, 2.05) is 23.1 Å². The van der Waals surface area contributed by atoms with Gasteiger partial charge < -0.3 is 4.90 Å². The molecule has 2 nitrogen and oxygen atoms in total. The van der Waals surface area contributed by atoms with Crippen LogP contribution in [0.5, 0.6) is 0 Å². The molecule has 1 fully saturated rings. The molecule has 1 aromatic rings. The fourth-order valence-electron chi connectivity index (χ4n) is 1.72. The molecule has 1 aliphatic heterocycles. The number of nitrogens with zero attached hydrogens (tertiary/aromatic N) is 1. The number of benzene rings is 1. The Hall–Kier alpha value is -0.100. The van der Waals surface area contributed by atoms with Gasteiger partial charge in [-0.05, 0) is 46.7 Å². The van der Waals surface area contributed by atoms with Crippen LogP contribution in [0.3, 0.4) is 0 Å². The summed E-state index contributed by atoms with van der Waals surface area (Å²) in [5.74, 6) is 0.799. The number of amides is 1. The molecule has 4 heteroatoms. The normalized spacial score (nSPS) is 16.3. The van der Waals surface area contributed by atoms with Gasteiger partial charge in [0.05, 0.1) is 0 Å².